The first-order chi connectivity index (χ1) is 18.8. The van der Waals surface area contributed by atoms with E-state index in [2.05, 4.69) is 106 Å². The molecular weight excluding hydrogens is 480 g/mol. The van der Waals surface area contributed by atoms with Crippen LogP contribution in [0.4, 0.5) is 0 Å². The third kappa shape index (κ3) is 12.1. The molecule has 0 aromatic heterocycles. The zero-order valence-corrected chi connectivity index (χ0v) is 28.5. The van der Waals surface area contributed by atoms with Crippen LogP contribution in [0.1, 0.15) is 159 Å². The smallest absolute Gasteiger partial charge is 0.0104 e. The van der Waals surface area contributed by atoms with Crippen LogP contribution < -0.4 is 0 Å². The van der Waals surface area contributed by atoms with Crippen molar-refractivity contribution in [3.05, 3.63) is 69.9 Å². The summed E-state index contributed by atoms with van der Waals surface area (Å²) in [6.45, 7) is 23.9. The lowest BCUT2D eigenvalue weighted by atomic mass is 9.62. The molecule has 2 aliphatic rings. The van der Waals surface area contributed by atoms with Crippen LogP contribution in [-0.2, 0) is 0 Å². The Morgan fingerprint density at radius 2 is 1.32 bits per heavy atom. The van der Waals surface area contributed by atoms with Crippen LogP contribution >= 0.6 is 0 Å². The Labute approximate surface area is 251 Å². The minimum atomic E-state index is 0.325. The Morgan fingerprint density at radius 3 is 1.93 bits per heavy atom. The van der Waals surface area contributed by atoms with E-state index >= 15 is 0 Å². The fourth-order valence-corrected chi connectivity index (χ4v) is 7.43. The van der Waals surface area contributed by atoms with Crippen molar-refractivity contribution in [1.29, 1.82) is 0 Å². The summed E-state index contributed by atoms with van der Waals surface area (Å²) in [5, 5.41) is 0. The van der Waals surface area contributed by atoms with Gasteiger partial charge in [0.25, 0.3) is 0 Å². The largest absolute Gasteiger partial charge is 0.0853 e. The zero-order chi connectivity index (χ0) is 29.8. The molecule has 0 amide bonds. The van der Waals surface area contributed by atoms with Gasteiger partial charge in [-0.1, -0.05) is 112 Å². The van der Waals surface area contributed by atoms with Gasteiger partial charge in [0, 0.05) is 0 Å². The number of unbranched alkanes of at least 4 members (excludes halogenated alkanes) is 1. The normalized spacial score (nSPS) is 24.8. The first-order valence-electron chi connectivity index (χ1n) is 16.8. The second kappa shape index (κ2) is 16.8. The average Bonchev–Trinajstić information content (AvgIpc) is 2.85. The predicted molar refractivity (Wildman–Crippen MR) is 182 cm³/mol. The van der Waals surface area contributed by atoms with E-state index in [1.165, 1.54) is 94.6 Å². The van der Waals surface area contributed by atoms with E-state index in [-0.39, 0.29) is 0 Å². The van der Waals surface area contributed by atoms with Crippen LogP contribution in [-0.4, -0.2) is 0 Å². The van der Waals surface area contributed by atoms with Gasteiger partial charge < -0.3 is 0 Å². The van der Waals surface area contributed by atoms with Gasteiger partial charge in [-0.3, -0.25) is 0 Å². The van der Waals surface area contributed by atoms with Gasteiger partial charge in [-0.2, -0.15) is 0 Å². The van der Waals surface area contributed by atoms with E-state index in [4.69, 9.17) is 0 Å². The maximum atomic E-state index is 2.51. The highest BCUT2D eigenvalue weighted by molar-refractivity contribution is 5.36. The Balaban J connectivity index is 1.67. The highest BCUT2D eigenvalue weighted by Crippen LogP contribution is 2.46. The molecule has 40 heavy (non-hydrogen) atoms. The summed E-state index contributed by atoms with van der Waals surface area (Å²) in [5.74, 6) is 1.78. The lowest BCUT2D eigenvalue weighted by Crippen LogP contribution is -2.33. The van der Waals surface area contributed by atoms with Gasteiger partial charge in [0.1, 0.15) is 0 Å². The van der Waals surface area contributed by atoms with E-state index in [0.29, 0.717) is 10.8 Å². The quantitative estimate of drug-likeness (QED) is 0.115. The van der Waals surface area contributed by atoms with E-state index in [1.54, 1.807) is 22.3 Å². The van der Waals surface area contributed by atoms with Gasteiger partial charge in [-0.15, -0.1) is 0 Å². The van der Waals surface area contributed by atoms with Crippen molar-refractivity contribution >= 4 is 0 Å². The van der Waals surface area contributed by atoms with Crippen LogP contribution in [0.15, 0.2) is 69.9 Å². The Kier molecular flexibility index (Phi) is 14.5. The fraction of sp³-hybridized carbons (Fsp3) is 0.700. The van der Waals surface area contributed by atoms with Gasteiger partial charge in [-0.05, 0) is 140 Å². The van der Waals surface area contributed by atoms with Crippen LogP contribution in [0.2, 0.25) is 0 Å². The second-order valence-corrected chi connectivity index (χ2v) is 15.0. The van der Waals surface area contributed by atoms with Gasteiger partial charge in [0.15, 0.2) is 0 Å². The zero-order valence-electron chi connectivity index (χ0n) is 28.5. The molecule has 0 heteroatoms. The van der Waals surface area contributed by atoms with Crippen LogP contribution in [0.5, 0.6) is 0 Å². The molecule has 0 spiro atoms. The maximum Gasteiger partial charge on any atom is -0.0104 e. The van der Waals surface area contributed by atoms with Gasteiger partial charge in [0.2, 0.25) is 0 Å². The molecule has 226 valence electrons. The molecule has 1 fully saturated rings. The van der Waals surface area contributed by atoms with Gasteiger partial charge >= 0.3 is 0 Å². The Morgan fingerprint density at radius 1 is 0.750 bits per heavy atom. The predicted octanol–water partition coefficient (Wildman–Crippen LogP) is 13.4. The third-order valence-corrected chi connectivity index (χ3v) is 10.3. The van der Waals surface area contributed by atoms with Crippen molar-refractivity contribution in [3.8, 4) is 0 Å². The molecule has 0 aliphatic heterocycles. The lowest BCUT2D eigenvalue weighted by Gasteiger charge is -2.43. The van der Waals surface area contributed by atoms with Crippen molar-refractivity contribution in [2.45, 2.75) is 159 Å². The lowest BCUT2D eigenvalue weighted by molar-refractivity contribution is 0.0767. The first-order valence-corrected chi connectivity index (χ1v) is 16.8. The Hall–Kier alpha value is -1.56. The molecule has 0 unspecified atom stereocenters. The number of allylic oxidation sites excluding steroid dienone is 12. The molecule has 0 saturated heterocycles. The van der Waals surface area contributed by atoms with E-state index < -0.39 is 0 Å². The fourth-order valence-electron chi connectivity index (χ4n) is 7.43. The molecule has 0 aromatic rings. The third-order valence-electron chi connectivity index (χ3n) is 10.3. The summed E-state index contributed by atoms with van der Waals surface area (Å²) in [6, 6.07) is 0. The van der Waals surface area contributed by atoms with Gasteiger partial charge in [-0.25, -0.2) is 0 Å². The summed E-state index contributed by atoms with van der Waals surface area (Å²) in [6.07, 6.45) is 32.5. The highest BCUT2D eigenvalue weighted by Gasteiger charge is 2.36. The highest BCUT2D eigenvalue weighted by atomic mass is 14.4. The van der Waals surface area contributed by atoms with Crippen molar-refractivity contribution in [2.24, 2.45) is 22.7 Å². The summed E-state index contributed by atoms with van der Waals surface area (Å²) < 4.78 is 0. The van der Waals surface area contributed by atoms with Crippen molar-refractivity contribution in [1.82, 2.24) is 0 Å². The van der Waals surface area contributed by atoms with Crippen LogP contribution in [0, 0.1) is 22.7 Å². The van der Waals surface area contributed by atoms with Crippen molar-refractivity contribution < 1.29 is 0 Å². The van der Waals surface area contributed by atoms with E-state index in [0.717, 1.165) is 18.3 Å². The Bertz CT molecular complexity index is 968. The molecule has 0 N–H and O–H groups in total. The minimum Gasteiger partial charge on any atom is -0.0853 e. The topological polar surface area (TPSA) is 0 Å². The number of hydrogen-bond acceptors (Lipinski definition) is 0. The molecular formula is C40H66. The molecule has 1 saturated carbocycles. The SMILES string of the molecule is CC1=C(/C=C/C(C)=C/CC/C(C)=C\CC/C=C(\C)CC/C=C(/C)CC[C@H]2[C@H](C)CCCC2(C)C)C(C)(C)CCC1. The van der Waals surface area contributed by atoms with E-state index in [1.807, 2.05) is 0 Å². The number of hydrogen-bond donors (Lipinski definition) is 0. The molecule has 0 radical (unpaired) electrons. The standard InChI is InChI=1S/C40H66/c1-31(19-13-21-33(3)25-27-37-35(5)23-15-29-39(37,7)8)17-11-12-18-32(2)20-14-22-34(4)26-28-38-36(6)24-16-30-40(38,9)10/h17-18,21-22,25,27,36,38H,11-16,19-20,23-24,26,28-30H2,1-10H3/b27-25+,31-17-,32-18+,33-21+,34-22-/t36-,38+/m1/s1. The molecule has 2 rings (SSSR count). The van der Waals surface area contributed by atoms with Crippen molar-refractivity contribution in [2.75, 3.05) is 0 Å². The number of rotatable bonds is 14. The van der Waals surface area contributed by atoms with Crippen molar-refractivity contribution in [3.63, 3.8) is 0 Å². The monoisotopic (exact) mass is 547 g/mol. The maximum absolute atomic E-state index is 2.51. The van der Waals surface area contributed by atoms with Crippen LogP contribution in [0.3, 0.4) is 0 Å². The summed E-state index contributed by atoms with van der Waals surface area (Å²) in [7, 11) is 0. The minimum absolute atomic E-state index is 0.325. The summed E-state index contributed by atoms with van der Waals surface area (Å²) in [4.78, 5) is 0. The van der Waals surface area contributed by atoms with Gasteiger partial charge in [0.05, 0.1) is 0 Å². The molecule has 0 heterocycles. The average molecular weight is 547 g/mol. The molecule has 0 bridgehead atoms. The molecule has 0 nitrogen and oxygen atoms in total. The first kappa shape index (κ1) is 34.6. The summed E-state index contributed by atoms with van der Waals surface area (Å²) in [5.41, 5.74) is 10.1. The van der Waals surface area contributed by atoms with Crippen LogP contribution in [0.25, 0.3) is 0 Å². The molecule has 2 aliphatic carbocycles. The van der Waals surface area contributed by atoms with E-state index in [9.17, 15) is 0 Å². The summed E-state index contributed by atoms with van der Waals surface area (Å²) >= 11 is 0. The molecule has 2 atom stereocenters. The molecule has 0 aromatic carbocycles. The second-order valence-electron chi connectivity index (χ2n) is 15.0.